The first-order chi connectivity index (χ1) is 17.5. The van der Waals surface area contributed by atoms with E-state index in [9.17, 15) is 0 Å². The highest BCUT2D eigenvalue weighted by Crippen LogP contribution is 2.54. The largest absolute Gasteiger partial charge is 0.309 e. The molecule has 6 aromatic rings. The summed E-state index contributed by atoms with van der Waals surface area (Å²) in [7, 11) is 0. The average molecular weight is 464 g/mol. The van der Waals surface area contributed by atoms with E-state index >= 15 is 0 Å². The Morgan fingerprint density at radius 1 is 0.528 bits per heavy atom. The molecular formula is C35H29N. The first-order valence-electron chi connectivity index (χ1n) is 12.8. The molecule has 0 spiro atoms. The fourth-order valence-corrected chi connectivity index (χ4v) is 6.56. The van der Waals surface area contributed by atoms with Crippen LogP contribution in [0.15, 0.2) is 103 Å². The van der Waals surface area contributed by atoms with Crippen LogP contribution in [-0.2, 0) is 5.41 Å². The average Bonchev–Trinajstić information content (AvgIpc) is 3.35. The number of benzene rings is 5. The van der Waals surface area contributed by atoms with E-state index in [0.29, 0.717) is 0 Å². The van der Waals surface area contributed by atoms with Gasteiger partial charge in [-0.2, -0.15) is 0 Å². The molecule has 0 saturated carbocycles. The number of rotatable bonds is 2. The van der Waals surface area contributed by atoms with Gasteiger partial charge in [0.25, 0.3) is 0 Å². The van der Waals surface area contributed by atoms with Crippen LogP contribution in [0, 0.1) is 13.8 Å². The molecule has 0 N–H and O–H groups in total. The first-order valence-corrected chi connectivity index (χ1v) is 12.8. The second-order valence-corrected chi connectivity index (χ2v) is 10.7. The van der Waals surface area contributed by atoms with E-state index in [2.05, 4.69) is 135 Å². The molecule has 1 aromatic heterocycles. The summed E-state index contributed by atoms with van der Waals surface area (Å²) < 4.78 is 2.42. The maximum atomic E-state index is 2.42. The van der Waals surface area contributed by atoms with Crippen LogP contribution in [0.2, 0.25) is 0 Å². The van der Waals surface area contributed by atoms with Crippen molar-refractivity contribution in [2.75, 3.05) is 0 Å². The zero-order valence-corrected chi connectivity index (χ0v) is 21.3. The molecule has 1 heteroatoms. The highest BCUT2D eigenvalue weighted by molar-refractivity contribution is 6.18. The number of hydrogen-bond acceptors (Lipinski definition) is 0. The summed E-state index contributed by atoms with van der Waals surface area (Å²) >= 11 is 0. The van der Waals surface area contributed by atoms with Crippen molar-refractivity contribution in [3.8, 4) is 27.9 Å². The smallest absolute Gasteiger partial charge is 0.0547 e. The molecule has 0 unspecified atom stereocenters. The van der Waals surface area contributed by atoms with Crippen LogP contribution in [0.3, 0.4) is 0 Å². The third kappa shape index (κ3) is 2.72. The Kier molecular flexibility index (Phi) is 4.39. The molecule has 0 atom stereocenters. The molecule has 1 aliphatic rings. The van der Waals surface area contributed by atoms with Crippen molar-refractivity contribution in [3.63, 3.8) is 0 Å². The Bertz CT molecular complexity index is 1820. The maximum Gasteiger partial charge on any atom is 0.0547 e. The minimum absolute atomic E-state index is 0.0196. The molecule has 7 rings (SSSR count). The Hall–Kier alpha value is -4.10. The Morgan fingerprint density at radius 3 is 2.03 bits per heavy atom. The van der Waals surface area contributed by atoms with Gasteiger partial charge in [-0.15, -0.1) is 0 Å². The van der Waals surface area contributed by atoms with Crippen molar-refractivity contribution in [1.82, 2.24) is 4.57 Å². The third-order valence-corrected chi connectivity index (χ3v) is 8.27. The number of aromatic nitrogens is 1. The predicted molar refractivity (Wildman–Crippen MR) is 153 cm³/mol. The molecule has 174 valence electrons. The molecule has 5 aromatic carbocycles. The van der Waals surface area contributed by atoms with E-state index in [1.165, 1.54) is 72.0 Å². The van der Waals surface area contributed by atoms with Gasteiger partial charge in [-0.3, -0.25) is 0 Å². The summed E-state index contributed by atoms with van der Waals surface area (Å²) in [6.45, 7) is 9.28. The summed E-state index contributed by atoms with van der Waals surface area (Å²) in [5, 5.41) is 2.64. The van der Waals surface area contributed by atoms with E-state index in [4.69, 9.17) is 0 Å². The van der Waals surface area contributed by atoms with Gasteiger partial charge in [0.05, 0.1) is 11.0 Å². The normalized spacial score (nSPS) is 13.8. The fourth-order valence-electron chi connectivity index (χ4n) is 6.56. The standard InChI is InChI=1S/C35H29N/c1-22-18-20-28-33(25-14-8-10-16-27(25)35(28,3)4)31(22)32-23(2)19-21-30-34(32)26-15-9-11-17-29(26)36(30)24-12-6-5-7-13-24/h5-21H,1-4H3. The lowest BCUT2D eigenvalue weighted by molar-refractivity contribution is 0.660. The second-order valence-electron chi connectivity index (χ2n) is 10.7. The number of nitrogens with zero attached hydrogens (tertiary/aromatic N) is 1. The minimum Gasteiger partial charge on any atom is -0.309 e. The molecule has 0 bridgehead atoms. The molecule has 1 nitrogen and oxygen atoms in total. The van der Waals surface area contributed by atoms with Gasteiger partial charge in [-0.25, -0.2) is 0 Å². The Morgan fingerprint density at radius 2 is 1.19 bits per heavy atom. The lowest BCUT2D eigenvalue weighted by Crippen LogP contribution is -2.14. The van der Waals surface area contributed by atoms with E-state index in [1.54, 1.807) is 0 Å². The number of hydrogen-bond donors (Lipinski definition) is 0. The fraction of sp³-hybridized carbons (Fsp3) is 0.143. The third-order valence-electron chi connectivity index (χ3n) is 8.27. The van der Waals surface area contributed by atoms with Gasteiger partial charge in [-0.05, 0) is 82.6 Å². The maximum absolute atomic E-state index is 2.42. The van der Waals surface area contributed by atoms with Crippen molar-refractivity contribution in [1.29, 1.82) is 0 Å². The van der Waals surface area contributed by atoms with E-state index in [0.717, 1.165) is 0 Å². The molecule has 0 aliphatic heterocycles. The molecule has 0 amide bonds. The Balaban J connectivity index is 1.68. The second kappa shape index (κ2) is 7.45. The van der Waals surface area contributed by atoms with E-state index in [-0.39, 0.29) is 5.41 Å². The van der Waals surface area contributed by atoms with Gasteiger partial charge in [-0.1, -0.05) is 92.7 Å². The van der Waals surface area contributed by atoms with Crippen molar-refractivity contribution >= 4 is 21.8 Å². The van der Waals surface area contributed by atoms with Crippen LogP contribution in [0.25, 0.3) is 49.7 Å². The van der Waals surface area contributed by atoms with Crippen LogP contribution in [-0.4, -0.2) is 4.57 Å². The predicted octanol–water partition coefficient (Wildman–Crippen LogP) is 9.37. The highest BCUT2D eigenvalue weighted by atomic mass is 15.0. The SMILES string of the molecule is Cc1ccc2c(c1-c1c(C)ccc3c1c1ccccc1n3-c1ccccc1)-c1ccccc1C2(C)C. The van der Waals surface area contributed by atoms with Crippen LogP contribution in [0.5, 0.6) is 0 Å². The van der Waals surface area contributed by atoms with Crippen LogP contribution < -0.4 is 0 Å². The van der Waals surface area contributed by atoms with Gasteiger partial charge in [0.1, 0.15) is 0 Å². The van der Waals surface area contributed by atoms with E-state index in [1.807, 2.05) is 0 Å². The van der Waals surface area contributed by atoms with Crippen molar-refractivity contribution in [3.05, 3.63) is 125 Å². The summed E-state index contributed by atoms with van der Waals surface area (Å²) in [5.74, 6) is 0. The molecule has 36 heavy (non-hydrogen) atoms. The zero-order chi connectivity index (χ0) is 24.6. The first kappa shape index (κ1) is 21.2. The van der Waals surface area contributed by atoms with Crippen LogP contribution in [0.1, 0.15) is 36.1 Å². The summed E-state index contributed by atoms with van der Waals surface area (Å²) in [5.41, 5.74) is 14.7. The summed E-state index contributed by atoms with van der Waals surface area (Å²) in [6, 6.07) is 37.9. The molecule has 0 saturated heterocycles. The highest BCUT2D eigenvalue weighted by Gasteiger charge is 2.37. The van der Waals surface area contributed by atoms with Gasteiger partial charge in [0.2, 0.25) is 0 Å². The minimum atomic E-state index is -0.0196. The zero-order valence-electron chi connectivity index (χ0n) is 21.3. The lowest BCUT2D eigenvalue weighted by atomic mass is 9.80. The molecule has 1 aliphatic carbocycles. The van der Waals surface area contributed by atoms with Gasteiger partial charge < -0.3 is 4.57 Å². The lowest BCUT2D eigenvalue weighted by Gasteiger charge is -2.23. The Labute approximate surface area is 212 Å². The van der Waals surface area contributed by atoms with E-state index < -0.39 is 0 Å². The van der Waals surface area contributed by atoms with Gasteiger partial charge >= 0.3 is 0 Å². The van der Waals surface area contributed by atoms with Crippen molar-refractivity contribution in [2.24, 2.45) is 0 Å². The monoisotopic (exact) mass is 463 g/mol. The van der Waals surface area contributed by atoms with Crippen LogP contribution >= 0.6 is 0 Å². The van der Waals surface area contributed by atoms with Gasteiger partial charge in [0.15, 0.2) is 0 Å². The molecule has 0 radical (unpaired) electrons. The van der Waals surface area contributed by atoms with Crippen LogP contribution in [0.4, 0.5) is 0 Å². The topological polar surface area (TPSA) is 4.93 Å². The van der Waals surface area contributed by atoms with Crippen molar-refractivity contribution in [2.45, 2.75) is 33.1 Å². The quantitative estimate of drug-likeness (QED) is 0.241. The molecule has 0 fully saturated rings. The number of para-hydroxylation sites is 2. The van der Waals surface area contributed by atoms with Crippen molar-refractivity contribution < 1.29 is 0 Å². The molecular weight excluding hydrogens is 434 g/mol. The number of fused-ring (bicyclic) bond motifs is 6. The summed E-state index contributed by atoms with van der Waals surface area (Å²) in [6.07, 6.45) is 0. The summed E-state index contributed by atoms with van der Waals surface area (Å²) in [4.78, 5) is 0. The molecule has 1 heterocycles. The van der Waals surface area contributed by atoms with Gasteiger partial charge in [0, 0.05) is 21.9 Å². The number of aryl methyl sites for hydroxylation is 2.